The number of benzene rings is 1. The predicted molar refractivity (Wildman–Crippen MR) is 80.8 cm³/mol. The van der Waals surface area contributed by atoms with Crippen LogP contribution in [0.3, 0.4) is 0 Å². The molecule has 0 saturated carbocycles. The fourth-order valence-electron chi connectivity index (χ4n) is 2.29. The summed E-state index contributed by atoms with van der Waals surface area (Å²) in [5, 5.41) is 14.0. The number of anilines is 1. The standard InChI is InChI=1S/C12H15BrN2O4S/c1-8-4-11(10(13)5-12(8)15(16)17)14-6-9-2-3-20(18,19)7-9/h4-5,9,14H,2-3,6-7H2,1H3. The zero-order valence-electron chi connectivity index (χ0n) is 10.9. The Kier molecular flexibility index (Phi) is 4.33. The second kappa shape index (κ2) is 5.69. The smallest absolute Gasteiger partial charge is 0.273 e. The van der Waals surface area contributed by atoms with Crippen molar-refractivity contribution in [3.05, 3.63) is 32.3 Å². The molecule has 1 unspecified atom stereocenters. The van der Waals surface area contributed by atoms with Crippen LogP contribution in [0.15, 0.2) is 16.6 Å². The number of halogens is 1. The maximum atomic E-state index is 11.4. The molecule has 1 aliphatic rings. The molecule has 1 aromatic rings. The molecule has 8 heteroatoms. The van der Waals surface area contributed by atoms with Gasteiger partial charge in [0.15, 0.2) is 9.84 Å². The first-order valence-corrected chi connectivity index (χ1v) is 8.79. The normalized spacial score (nSPS) is 20.8. The highest BCUT2D eigenvalue weighted by Crippen LogP contribution is 2.31. The molecule has 0 radical (unpaired) electrons. The molecule has 1 N–H and O–H groups in total. The van der Waals surface area contributed by atoms with E-state index in [1.807, 2.05) is 0 Å². The van der Waals surface area contributed by atoms with Gasteiger partial charge in [-0.05, 0) is 41.3 Å². The minimum Gasteiger partial charge on any atom is -0.384 e. The molecule has 1 aliphatic heterocycles. The number of aryl methyl sites for hydroxylation is 1. The highest BCUT2D eigenvalue weighted by molar-refractivity contribution is 9.10. The van der Waals surface area contributed by atoms with E-state index in [9.17, 15) is 18.5 Å². The maximum absolute atomic E-state index is 11.4. The number of nitro groups is 1. The molecule has 1 fully saturated rings. The van der Waals surface area contributed by atoms with Crippen LogP contribution in [0, 0.1) is 23.0 Å². The van der Waals surface area contributed by atoms with Crippen LogP contribution in [0.25, 0.3) is 0 Å². The number of rotatable bonds is 4. The summed E-state index contributed by atoms with van der Waals surface area (Å²) in [4.78, 5) is 10.4. The van der Waals surface area contributed by atoms with E-state index >= 15 is 0 Å². The maximum Gasteiger partial charge on any atom is 0.273 e. The van der Waals surface area contributed by atoms with Crippen molar-refractivity contribution in [3.8, 4) is 0 Å². The minimum atomic E-state index is -2.88. The number of hydrogen-bond donors (Lipinski definition) is 1. The first-order valence-electron chi connectivity index (χ1n) is 6.17. The van der Waals surface area contributed by atoms with Crippen LogP contribution < -0.4 is 5.32 Å². The van der Waals surface area contributed by atoms with Gasteiger partial charge < -0.3 is 5.32 Å². The van der Waals surface area contributed by atoms with Gasteiger partial charge in [-0.25, -0.2) is 8.42 Å². The number of nitro benzene ring substituents is 1. The average Bonchev–Trinajstić information content (AvgIpc) is 2.69. The van der Waals surface area contributed by atoms with E-state index in [1.54, 1.807) is 13.0 Å². The van der Waals surface area contributed by atoms with Crippen molar-refractivity contribution in [2.75, 3.05) is 23.4 Å². The Morgan fingerprint density at radius 3 is 2.75 bits per heavy atom. The monoisotopic (exact) mass is 362 g/mol. The van der Waals surface area contributed by atoms with E-state index in [1.165, 1.54) is 6.07 Å². The van der Waals surface area contributed by atoms with Gasteiger partial charge in [0.05, 0.1) is 16.4 Å². The fourth-order valence-corrected chi connectivity index (χ4v) is 4.62. The molecule has 0 aromatic heterocycles. The van der Waals surface area contributed by atoms with Crippen LogP contribution in [0.1, 0.15) is 12.0 Å². The summed E-state index contributed by atoms with van der Waals surface area (Å²) in [5.41, 5.74) is 1.38. The third-order valence-electron chi connectivity index (χ3n) is 3.39. The summed E-state index contributed by atoms with van der Waals surface area (Å²) >= 11 is 3.30. The largest absolute Gasteiger partial charge is 0.384 e. The lowest BCUT2D eigenvalue weighted by Crippen LogP contribution is -2.16. The van der Waals surface area contributed by atoms with Gasteiger partial charge in [0.1, 0.15) is 0 Å². The highest BCUT2D eigenvalue weighted by Gasteiger charge is 2.27. The predicted octanol–water partition coefficient (Wildman–Crippen LogP) is 2.51. The highest BCUT2D eigenvalue weighted by atomic mass is 79.9. The molecule has 0 spiro atoms. The molecular formula is C12H15BrN2O4S. The van der Waals surface area contributed by atoms with Crippen molar-refractivity contribution < 1.29 is 13.3 Å². The Labute approximate surface area is 125 Å². The second-order valence-corrected chi connectivity index (χ2v) is 8.11. The van der Waals surface area contributed by atoms with Crippen LogP contribution in [0.4, 0.5) is 11.4 Å². The summed E-state index contributed by atoms with van der Waals surface area (Å²) in [6.45, 7) is 2.23. The third-order valence-corrected chi connectivity index (χ3v) is 5.88. The Morgan fingerprint density at radius 2 is 2.20 bits per heavy atom. The Bertz CT molecular complexity index is 645. The van der Waals surface area contributed by atoms with Crippen LogP contribution in [-0.4, -0.2) is 31.4 Å². The Balaban J connectivity index is 2.07. The van der Waals surface area contributed by atoms with Gasteiger partial charge in [-0.2, -0.15) is 0 Å². The SMILES string of the molecule is Cc1cc(NCC2CCS(=O)(=O)C2)c(Br)cc1[N+](=O)[O-]. The van der Waals surface area contributed by atoms with Gasteiger partial charge in [0, 0.05) is 28.3 Å². The lowest BCUT2D eigenvalue weighted by molar-refractivity contribution is -0.385. The van der Waals surface area contributed by atoms with Gasteiger partial charge in [-0.15, -0.1) is 0 Å². The first kappa shape index (κ1) is 15.2. The summed E-state index contributed by atoms with van der Waals surface area (Å²) in [6, 6.07) is 3.16. The topological polar surface area (TPSA) is 89.3 Å². The molecule has 0 bridgehead atoms. The van der Waals surface area contributed by atoms with E-state index in [2.05, 4.69) is 21.2 Å². The van der Waals surface area contributed by atoms with Crippen LogP contribution in [0.5, 0.6) is 0 Å². The van der Waals surface area contributed by atoms with Crippen molar-refractivity contribution >= 4 is 37.1 Å². The molecular weight excluding hydrogens is 348 g/mol. The number of hydrogen-bond acceptors (Lipinski definition) is 5. The minimum absolute atomic E-state index is 0.0610. The lowest BCUT2D eigenvalue weighted by atomic mass is 10.1. The number of nitrogens with zero attached hydrogens (tertiary/aromatic N) is 1. The van der Waals surface area contributed by atoms with Crippen LogP contribution >= 0.6 is 15.9 Å². The van der Waals surface area contributed by atoms with Gasteiger partial charge in [-0.1, -0.05) is 0 Å². The number of nitrogens with one attached hydrogen (secondary N) is 1. The zero-order chi connectivity index (χ0) is 14.9. The van der Waals surface area contributed by atoms with Crippen molar-refractivity contribution in [1.29, 1.82) is 0 Å². The molecule has 2 rings (SSSR count). The van der Waals surface area contributed by atoms with Crippen molar-refractivity contribution in [2.45, 2.75) is 13.3 Å². The molecule has 1 saturated heterocycles. The van der Waals surface area contributed by atoms with Crippen molar-refractivity contribution in [2.24, 2.45) is 5.92 Å². The molecule has 0 aliphatic carbocycles. The fraction of sp³-hybridized carbons (Fsp3) is 0.500. The van der Waals surface area contributed by atoms with E-state index in [-0.39, 0.29) is 23.1 Å². The summed E-state index contributed by atoms with van der Waals surface area (Å²) in [5.74, 6) is 0.561. The number of sulfone groups is 1. The third kappa shape index (κ3) is 3.49. The van der Waals surface area contributed by atoms with Gasteiger partial charge in [0.2, 0.25) is 0 Å². The molecule has 110 valence electrons. The van der Waals surface area contributed by atoms with E-state index in [4.69, 9.17) is 0 Å². The van der Waals surface area contributed by atoms with E-state index in [0.29, 0.717) is 23.0 Å². The van der Waals surface area contributed by atoms with Gasteiger partial charge in [0.25, 0.3) is 5.69 Å². The quantitative estimate of drug-likeness (QED) is 0.656. The second-order valence-electron chi connectivity index (χ2n) is 5.03. The van der Waals surface area contributed by atoms with E-state index < -0.39 is 14.8 Å². The average molecular weight is 363 g/mol. The lowest BCUT2D eigenvalue weighted by Gasteiger charge is -2.13. The summed E-state index contributed by atoms with van der Waals surface area (Å²) < 4.78 is 23.4. The van der Waals surface area contributed by atoms with Gasteiger partial charge in [-0.3, -0.25) is 10.1 Å². The molecule has 1 atom stereocenters. The van der Waals surface area contributed by atoms with Crippen LogP contribution in [-0.2, 0) is 9.84 Å². The molecule has 1 heterocycles. The Morgan fingerprint density at radius 1 is 1.50 bits per heavy atom. The van der Waals surface area contributed by atoms with Crippen LogP contribution in [0.2, 0.25) is 0 Å². The summed E-state index contributed by atoms with van der Waals surface area (Å²) in [7, 11) is -2.88. The molecule has 1 aromatic carbocycles. The van der Waals surface area contributed by atoms with Gasteiger partial charge >= 0.3 is 0 Å². The van der Waals surface area contributed by atoms with Crippen molar-refractivity contribution in [1.82, 2.24) is 0 Å². The van der Waals surface area contributed by atoms with Crippen molar-refractivity contribution in [3.63, 3.8) is 0 Å². The zero-order valence-corrected chi connectivity index (χ0v) is 13.3. The molecule has 6 nitrogen and oxygen atoms in total. The Hall–Kier alpha value is -1.15. The first-order chi connectivity index (χ1) is 9.28. The van der Waals surface area contributed by atoms with E-state index in [0.717, 1.165) is 5.69 Å². The molecule has 0 amide bonds. The summed E-state index contributed by atoms with van der Waals surface area (Å²) in [6.07, 6.45) is 0.666. The molecule has 20 heavy (non-hydrogen) atoms.